The maximum atomic E-state index is 6.24. The van der Waals surface area contributed by atoms with Crippen LogP contribution in [0.1, 0.15) is 17.2 Å². The number of fused-ring (bicyclic) bond motifs is 1. The van der Waals surface area contributed by atoms with Gasteiger partial charge in [-0.05, 0) is 30.7 Å². The number of benzene rings is 2. The van der Waals surface area contributed by atoms with E-state index in [2.05, 4.69) is 18.3 Å². The van der Waals surface area contributed by atoms with Crippen LogP contribution in [0.2, 0.25) is 10.0 Å². The van der Waals surface area contributed by atoms with Crippen LogP contribution in [0.3, 0.4) is 0 Å². The van der Waals surface area contributed by atoms with Crippen LogP contribution in [0.15, 0.2) is 36.4 Å². The number of halogens is 2. The van der Waals surface area contributed by atoms with Crippen molar-refractivity contribution in [2.45, 2.75) is 13.0 Å². The predicted molar refractivity (Wildman–Crippen MR) is 79.5 cm³/mol. The SMILES string of the molecule is Cc1ccc2c(c1)NCC(c1cccc(Cl)c1Cl)O2. The van der Waals surface area contributed by atoms with Gasteiger partial charge in [0.15, 0.2) is 0 Å². The van der Waals surface area contributed by atoms with Crippen molar-refractivity contribution in [3.63, 3.8) is 0 Å². The summed E-state index contributed by atoms with van der Waals surface area (Å²) < 4.78 is 6.00. The van der Waals surface area contributed by atoms with Crippen molar-refractivity contribution in [2.75, 3.05) is 11.9 Å². The molecule has 0 radical (unpaired) electrons. The Morgan fingerprint density at radius 2 is 2.05 bits per heavy atom. The highest BCUT2D eigenvalue weighted by atomic mass is 35.5. The Balaban J connectivity index is 1.93. The van der Waals surface area contributed by atoms with Gasteiger partial charge in [0.1, 0.15) is 11.9 Å². The van der Waals surface area contributed by atoms with Gasteiger partial charge in [-0.1, -0.05) is 41.4 Å². The molecule has 1 aliphatic heterocycles. The molecule has 0 aromatic heterocycles. The van der Waals surface area contributed by atoms with Gasteiger partial charge in [0, 0.05) is 5.56 Å². The van der Waals surface area contributed by atoms with E-state index < -0.39 is 0 Å². The van der Waals surface area contributed by atoms with E-state index in [-0.39, 0.29) is 6.10 Å². The lowest BCUT2D eigenvalue weighted by Gasteiger charge is -2.28. The quantitative estimate of drug-likeness (QED) is 0.812. The molecule has 0 saturated heterocycles. The van der Waals surface area contributed by atoms with Gasteiger partial charge in [0.25, 0.3) is 0 Å². The van der Waals surface area contributed by atoms with E-state index in [1.807, 2.05) is 24.3 Å². The lowest BCUT2D eigenvalue weighted by atomic mass is 10.1. The Hall–Kier alpha value is -1.38. The number of nitrogens with one attached hydrogen (secondary N) is 1. The summed E-state index contributed by atoms with van der Waals surface area (Å²) >= 11 is 12.3. The van der Waals surface area contributed by atoms with E-state index in [4.69, 9.17) is 27.9 Å². The number of hydrogen-bond acceptors (Lipinski definition) is 2. The first-order valence-corrected chi connectivity index (χ1v) is 6.86. The Bertz CT molecular complexity index is 628. The van der Waals surface area contributed by atoms with Crippen LogP contribution in [-0.4, -0.2) is 6.54 Å². The van der Waals surface area contributed by atoms with E-state index >= 15 is 0 Å². The average molecular weight is 294 g/mol. The van der Waals surface area contributed by atoms with Crippen molar-refractivity contribution in [2.24, 2.45) is 0 Å². The van der Waals surface area contributed by atoms with Crippen molar-refractivity contribution in [1.29, 1.82) is 0 Å². The number of rotatable bonds is 1. The summed E-state index contributed by atoms with van der Waals surface area (Å²) in [6, 6.07) is 11.7. The second-order valence-electron chi connectivity index (χ2n) is 4.63. The summed E-state index contributed by atoms with van der Waals surface area (Å²) in [6.07, 6.45) is -0.124. The minimum absolute atomic E-state index is 0.124. The zero-order chi connectivity index (χ0) is 13.4. The van der Waals surface area contributed by atoms with Gasteiger partial charge in [-0.2, -0.15) is 0 Å². The van der Waals surface area contributed by atoms with E-state index in [9.17, 15) is 0 Å². The molecule has 19 heavy (non-hydrogen) atoms. The number of ether oxygens (including phenoxy) is 1. The molecule has 0 aliphatic carbocycles. The van der Waals surface area contributed by atoms with E-state index in [0.717, 1.165) is 17.0 Å². The highest BCUT2D eigenvalue weighted by Crippen LogP contribution is 2.38. The molecule has 1 aliphatic rings. The molecule has 2 aromatic carbocycles. The molecule has 98 valence electrons. The minimum atomic E-state index is -0.124. The Labute approximate surface area is 122 Å². The molecule has 0 saturated carbocycles. The molecular weight excluding hydrogens is 281 g/mol. The lowest BCUT2D eigenvalue weighted by molar-refractivity contribution is 0.210. The van der Waals surface area contributed by atoms with Gasteiger partial charge in [-0.25, -0.2) is 0 Å². The van der Waals surface area contributed by atoms with Crippen LogP contribution in [0, 0.1) is 6.92 Å². The zero-order valence-electron chi connectivity index (χ0n) is 10.4. The fourth-order valence-corrected chi connectivity index (χ4v) is 2.65. The molecule has 1 heterocycles. The van der Waals surface area contributed by atoms with Gasteiger partial charge < -0.3 is 10.1 Å². The molecule has 0 amide bonds. The van der Waals surface area contributed by atoms with Gasteiger partial charge >= 0.3 is 0 Å². The summed E-state index contributed by atoms with van der Waals surface area (Å²) in [5.74, 6) is 0.845. The summed E-state index contributed by atoms with van der Waals surface area (Å²) in [6.45, 7) is 2.73. The second-order valence-corrected chi connectivity index (χ2v) is 5.42. The van der Waals surface area contributed by atoms with Crippen LogP contribution in [0.25, 0.3) is 0 Å². The molecule has 1 atom stereocenters. The summed E-state index contributed by atoms with van der Waals surface area (Å²) in [5.41, 5.74) is 3.14. The van der Waals surface area contributed by atoms with Crippen molar-refractivity contribution in [3.05, 3.63) is 57.6 Å². The number of aryl methyl sites for hydroxylation is 1. The Morgan fingerprint density at radius 1 is 1.21 bits per heavy atom. The maximum absolute atomic E-state index is 6.24. The van der Waals surface area contributed by atoms with E-state index in [0.29, 0.717) is 16.6 Å². The van der Waals surface area contributed by atoms with Crippen molar-refractivity contribution < 1.29 is 4.74 Å². The molecule has 3 rings (SSSR count). The third-order valence-corrected chi connectivity index (χ3v) is 4.04. The average Bonchev–Trinajstić information content (AvgIpc) is 2.41. The molecule has 1 N–H and O–H groups in total. The van der Waals surface area contributed by atoms with Crippen molar-refractivity contribution >= 4 is 28.9 Å². The van der Waals surface area contributed by atoms with Gasteiger partial charge in [-0.3, -0.25) is 0 Å². The topological polar surface area (TPSA) is 21.3 Å². The molecule has 4 heteroatoms. The third kappa shape index (κ3) is 2.38. The van der Waals surface area contributed by atoms with Gasteiger partial charge in [0.05, 0.1) is 22.3 Å². The number of anilines is 1. The molecule has 0 fully saturated rings. The molecule has 0 bridgehead atoms. The third-order valence-electron chi connectivity index (χ3n) is 3.21. The van der Waals surface area contributed by atoms with Crippen molar-refractivity contribution in [3.8, 4) is 5.75 Å². The highest BCUT2D eigenvalue weighted by molar-refractivity contribution is 6.42. The fraction of sp³-hybridized carbons (Fsp3) is 0.200. The first-order chi connectivity index (χ1) is 9.15. The van der Waals surface area contributed by atoms with Crippen LogP contribution in [0.5, 0.6) is 5.75 Å². The van der Waals surface area contributed by atoms with Crippen molar-refractivity contribution in [1.82, 2.24) is 0 Å². The zero-order valence-corrected chi connectivity index (χ0v) is 11.9. The second kappa shape index (κ2) is 4.95. The first kappa shape index (κ1) is 12.6. The highest BCUT2D eigenvalue weighted by Gasteiger charge is 2.23. The van der Waals surface area contributed by atoms with Crippen LogP contribution in [-0.2, 0) is 0 Å². The maximum Gasteiger partial charge on any atom is 0.143 e. The normalized spacial score (nSPS) is 17.3. The lowest BCUT2D eigenvalue weighted by Crippen LogP contribution is -2.23. The predicted octanol–water partition coefficient (Wildman–Crippen LogP) is 4.85. The minimum Gasteiger partial charge on any atom is -0.482 e. The standard InChI is InChI=1S/C15H13Cl2NO/c1-9-5-6-13-12(7-9)18-8-14(19-13)10-3-2-4-11(16)15(10)17/h2-7,14,18H,8H2,1H3. The van der Waals surface area contributed by atoms with Crippen LogP contribution < -0.4 is 10.1 Å². The number of hydrogen-bond donors (Lipinski definition) is 1. The van der Waals surface area contributed by atoms with Gasteiger partial charge in [0.2, 0.25) is 0 Å². The molecule has 1 unspecified atom stereocenters. The van der Waals surface area contributed by atoms with Gasteiger partial charge in [-0.15, -0.1) is 0 Å². The van der Waals surface area contributed by atoms with Crippen LogP contribution in [0.4, 0.5) is 5.69 Å². The monoisotopic (exact) mass is 293 g/mol. The molecular formula is C15H13Cl2NO. The first-order valence-electron chi connectivity index (χ1n) is 6.10. The van der Waals surface area contributed by atoms with E-state index in [1.54, 1.807) is 6.07 Å². The largest absolute Gasteiger partial charge is 0.482 e. The van der Waals surface area contributed by atoms with E-state index in [1.165, 1.54) is 5.56 Å². The Morgan fingerprint density at radius 3 is 2.89 bits per heavy atom. The molecule has 0 spiro atoms. The summed E-state index contributed by atoms with van der Waals surface area (Å²) in [5, 5.41) is 4.49. The Kier molecular flexibility index (Phi) is 3.29. The molecule has 2 aromatic rings. The van der Waals surface area contributed by atoms with Crippen LogP contribution >= 0.6 is 23.2 Å². The summed E-state index contributed by atoms with van der Waals surface area (Å²) in [7, 11) is 0. The smallest absolute Gasteiger partial charge is 0.143 e. The fourth-order valence-electron chi connectivity index (χ4n) is 2.22. The molecule has 2 nitrogen and oxygen atoms in total. The summed E-state index contributed by atoms with van der Waals surface area (Å²) in [4.78, 5) is 0.